The van der Waals surface area contributed by atoms with Crippen molar-refractivity contribution in [1.29, 1.82) is 0 Å². The monoisotopic (exact) mass is 752 g/mol. The molecule has 0 aliphatic heterocycles. The second-order valence-corrected chi connectivity index (χ2v) is 13.4. The van der Waals surface area contributed by atoms with Crippen LogP contribution in [0.25, 0.3) is 0 Å². The Morgan fingerprint density at radius 2 is 0.784 bits per heavy atom. The normalized spacial score (nSPS) is 11.8. The van der Waals surface area contributed by atoms with Crippen LogP contribution in [0.4, 0.5) is 0 Å². The highest BCUT2D eigenvalue weighted by Crippen LogP contribution is 2.15. The highest BCUT2D eigenvalue weighted by Gasteiger charge is 2.03. The van der Waals surface area contributed by atoms with Crippen molar-refractivity contribution in [2.24, 2.45) is 0 Å². The number of hydrogen-bond acceptors (Lipinski definition) is 12. The summed E-state index contributed by atoms with van der Waals surface area (Å²) in [6.07, 6.45) is 11.4. The fraction of sp³-hybridized carbons (Fsp3) is 0.838. The smallest absolute Gasteiger partial charge is 0.264 e. The van der Waals surface area contributed by atoms with Gasteiger partial charge in [-0.05, 0) is 43.4 Å². The van der Waals surface area contributed by atoms with Crippen LogP contribution in [-0.2, 0) is 59.2 Å². The number of rotatable bonds is 41. The standard InChI is InChI=1S/C37H68O13S/c1-2-3-4-5-6-7-8-11-36-12-14-37(15-13-36)50-34-33-49-32-31-48-30-29-47-28-27-46-26-25-45-24-23-44-22-21-43-20-19-42-18-17-41-16-9-10-35-51(38,39)40/h12-15H,2-11,16-35H2,1H3,(H,38,39,40). The number of hydrogen-bond donors (Lipinski definition) is 1. The van der Waals surface area contributed by atoms with Gasteiger partial charge in [0, 0.05) is 6.61 Å². The molecule has 0 atom stereocenters. The molecular formula is C37H68O13S. The molecule has 51 heavy (non-hydrogen) atoms. The first-order chi connectivity index (χ1) is 25.0. The van der Waals surface area contributed by atoms with Gasteiger partial charge in [0.15, 0.2) is 0 Å². The molecule has 1 rings (SSSR count). The number of ether oxygens (including phenoxy) is 10. The van der Waals surface area contributed by atoms with E-state index in [1.165, 1.54) is 50.5 Å². The molecule has 0 saturated heterocycles. The quantitative estimate of drug-likeness (QED) is 0.0694. The Hall–Kier alpha value is -1.43. The Bertz CT molecular complexity index is 950. The summed E-state index contributed by atoms with van der Waals surface area (Å²) in [6.45, 7) is 11.5. The van der Waals surface area contributed by atoms with Crippen LogP contribution in [0.15, 0.2) is 24.3 Å². The van der Waals surface area contributed by atoms with Gasteiger partial charge >= 0.3 is 0 Å². The van der Waals surface area contributed by atoms with Crippen LogP contribution in [0.3, 0.4) is 0 Å². The second-order valence-electron chi connectivity index (χ2n) is 11.9. The molecule has 0 amide bonds. The largest absolute Gasteiger partial charge is 0.491 e. The molecule has 0 bridgehead atoms. The minimum atomic E-state index is -3.89. The third-order valence-electron chi connectivity index (χ3n) is 7.41. The SMILES string of the molecule is CCCCCCCCCc1ccc(OCCOCCOCCOCCOCCOCCOCCOCCOCCOCCCCS(=O)(=O)O)cc1. The number of benzene rings is 1. The van der Waals surface area contributed by atoms with Gasteiger partial charge in [0.1, 0.15) is 12.4 Å². The Morgan fingerprint density at radius 3 is 1.18 bits per heavy atom. The van der Waals surface area contributed by atoms with Crippen LogP contribution in [0.1, 0.15) is 70.3 Å². The van der Waals surface area contributed by atoms with Crippen LogP contribution in [0, 0.1) is 0 Å². The highest BCUT2D eigenvalue weighted by atomic mass is 32.2. The Kier molecular flexibility index (Phi) is 34.4. The minimum absolute atomic E-state index is 0.240. The fourth-order valence-electron chi connectivity index (χ4n) is 4.61. The fourth-order valence-corrected chi connectivity index (χ4v) is 5.18. The molecule has 0 saturated carbocycles. The van der Waals surface area contributed by atoms with Gasteiger partial charge < -0.3 is 47.4 Å². The molecule has 0 aliphatic rings. The van der Waals surface area contributed by atoms with Crippen molar-refractivity contribution in [1.82, 2.24) is 0 Å². The zero-order chi connectivity index (χ0) is 36.8. The maximum atomic E-state index is 10.6. The molecule has 0 radical (unpaired) electrons. The van der Waals surface area contributed by atoms with Gasteiger partial charge in [-0.25, -0.2) is 0 Å². The Labute approximate surface area is 308 Å². The minimum Gasteiger partial charge on any atom is -0.491 e. The first-order valence-electron chi connectivity index (χ1n) is 18.9. The van der Waals surface area contributed by atoms with Crippen molar-refractivity contribution in [3.05, 3.63) is 29.8 Å². The molecule has 1 aromatic carbocycles. The van der Waals surface area contributed by atoms with Gasteiger partial charge in [0.2, 0.25) is 0 Å². The summed E-state index contributed by atoms with van der Waals surface area (Å²) in [5.74, 6) is 0.640. The topological polar surface area (TPSA) is 147 Å². The van der Waals surface area contributed by atoms with E-state index in [9.17, 15) is 8.42 Å². The van der Waals surface area contributed by atoms with Crippen molar-refractivity contribution < 1.29 is 60.3 Å². The zero-order valence-corrected chi connectivity index (χ0v) is 32.1. The molecule has 1 N–H and O–H groups in total. The van der Waals surface area contributed by atoms with Crippen LogP contribution >= 0.6 is 0 Å². The molecule has 0 unspecified atom stereocenters. The average molecular weight is 753 g/mol. The van der Waals surface area contributed by atoms with E-state index < -0.39 is 10.1 Å². The van der Waals surface area contributed by atoms with Crippen molar-refractivity contribution in [3.63, 3.8) is 0 Å². The summed E-state index contributed by atoms with van der Waals surface area (Å²) < 4.78 is 84.8. The third kappa shape index (κ3) is 36.7. The second kappa shape index (κ2) is 36.9. The van der Waals surface area contributed by atoms with Crippen molar-refractivity contribution in [3.8, 4) is 5.75 Å². The van der Waals surface area contributed by atoms with Crippen LogP contribution in [0.5, 0.6) is 5.75 Å². The first-order valence-corrected chi connectivity index (χ1v) is 20.5. The molecule has 13 nitrogen and oxygen atoms in total. The molecule has 1 aromatic rings. The lowest BCUT2D eigenvalue weighted by Gasteiger charge is -2.09. The lowest BCUT2D eigenvalue weighted by Crippen LogP contribution is -2.15. The Balaban J connectivity index is 1.70. The molecule has 0 spiro atoms. The van der Waals surface area contributed by atoms with Crippen molar-refractivity contribution in [2.75, 3.05) is 131 Å². The van der Waals surface area contributed by atoms with Crippen molar-refractivity contribution >= 4 is 10.1 Å². The summed E-state index contributed by atoms with van der Waals surface area (Å²) in [7, 11) is -3.89. The van der Waals surface area contributed by atoms with Gasteiger partial charge in [-0.3, -0.25) is 4.55 Å². The van der Waals surface area contributed by atoms with E-state index in [-0.39, 0.29) is 5.75 Å². The maximum Gasteiger partial charge on any atom is 0.264 e. The Morgan fingerprint density at radius 1 is 0.431 bits per heavy atom. The zero-order valence-electron chi connectivity index (χ0n) is 31.3. The summed E-state index contributed by atoms with van der Waals surface area (Å²) in [5.41, 5.74) is 1.37. The molecule has 0 fully saturated rings. The van der Waals surface area contributed by atoms with Gasteiger partial charge in [0.05, 0.1) is 118 Å². The lowest BCUT2D eigenvalue weighted by molar-refractivity contribution is -0.0254. The average Bonchev–Trinajstić information content (AvgIpc) is 3.12. The molecule has 14 heteroatoms. The van der Waals surface area contributed by atoms with E-state index in [1.807, 2.05) is 12.1 Å². The van der Waals surface area contributed by atoms with E-state index in [2.05, 4.69) is 19.1 Å². The highest BCUT2D eigenvalue weighted by molar-refractivity contribution is 7.85. The third-order valence-corrected chi connectivity index (χ3v) is 8.21. The molecule has 300 valence electrons. The van der Waals surface area contributed by atoms with Gasteiger partial charge in [-0.1, -0.05) is 57.6 Å². The summed E-state index contributed by atoms with van der Waals surface area (Å²) in [5, 5.41) is 0. The van der Waals surface area contributed by atoms with Crippen LogP contribution < -0.4 is 4.74 Å². The maximum absolute atomic E-state index is 10.6. The molecule has 0 aliphatic carbocycles. The van der Waals surface area contributed by atoms with Gasteiger partial charge in [-0.2, -0.15) is 8.42 Å². The van der Waals surface area contributed by atoms with Crippen molar-refractivity contribution in [2.45, 2.75) is 71.1 Å². The first kappa shape index (κ1) is 47.6. The van der Waals surface area contributed by atoms with E-state index in [1.54, 1.807) is 0 Å². The predicted octanol–water partition coefficient (Wildman–Crippen LogP) is 5.18. The van der Waals surface area contributed by atoms with E-state index >= 15 is 0 Å². The van der Waals surface area contributed by atoms with Gasteiger partial charge in [0.25, 0.3) is 10.1 Å². The van der Waals surface area contributed by atoms with E-state index in [0.29, 0.717) is 138 Å². The number of unbranched alkanes of at least 4 members (excludes halogenated alkanes) is 7. The number of aryl methyl sites for hydroxylation is 1. The predicted molar refractivity (Wildman–Crippen MR) is 197 cm³/mol. The van der Waals surface area contributed by atoms with Gasteiger partial charge in [-0.15, -0.1) is 0 Å². The van der Waals surface area contributed by atoms with E-state index in [4.69, 9.17) is 51.9 Å². The summed E-state index contributed by atoms with van der Waals surface area (Å²) >= 11 is 0. The van der Waals surface area contributed by atoms with Crippen LogP contribution in [0.2, 0.25) is 0 Å². The lowest BCUT2D eigenvalue weighted by atomic mass is 10.0. The molecule has 0 aromatic heterocycles. The molecular weight excluding hydrogens is 684 g/mol. The van der Waals surface area contributed by atoms with Crippen LogP contribution in [-0.4, -0.2) is 144 Å². The van der Waals surface area contributed by atoms with E-state index in [0.717, 1.165) is 12.2 Å². The summed E-state index contributed by atoms with van der Waals surface area (Å²) in [4.78, 5) is 0. The summed E-state index contributed by atoms with van der Waals surface area (Å²) in [6, 6.07) is 8.43. The molecule has 0 heterocycles.